The van der Waals surface area contributed by atoms with Gasteiger partial charge in [0.15, 0.2) is 0 Å². The Bertz CT molecular complexity index is 895. The maximum atomic E-state index is 13.2. The van der Waals surface area contributed by atoms with Crippen molar-refractivity contribution in [3.05, 3.63) is 82.8 Å². The third-order valence-electron chi connectivity index (χ3n) is 4.36. The van der Waals surface area contributed by atoms with Gasteiger partial charge in [-0.05, 0) is 60.9 Å². The molecule has 24 heavy (non-hydrogen) atoms. The molecule has 0 saturated heterocycles. The highest BCUT2D eigenvalue weighted by Gasteiger charge is 2.17. The van der Waals surface area contributed by atoms with Gasteiger partial charge in [-0.25, -0.2) is 4.39 Å². The van der Waals surface area contributed by atoms with Crippen LogP contribution >= 0.6 is 0 Å². The van der Waals surface area contributed by atoms with Gasteiger partial charge in [0, 0.05) is 17.9 Å². The van der Waals surface area contributed by atoms with Crippen molar-refractivity contribution in [3.63, 3.8) is 0 Å². The smallest absolute Gasteiger partial charge is 0.250 e. The first-order valence-electron chi connectivity index (χ1n) is 7.77. The minimum Gasteiger partial charge on any atom is -0.366 e. The molecular formula is C20H19FN2O. The number of rotatable bonds is 4. The maximum Gasteiger partial charge on any atom is 0.250 e. The van der Waals surface area contributed by atoms with E-state index in [4.69, 9.17) is 5.73 Å². The van der Waals surface area contributed by atoms with Crippen molar-refractivity contribution in [3.8, 4) is 11.3 Å². The Morgan fingerprint density at radius 2 is 1.75 bits per heavy atom. The van der Waals surface area contributed by atoms with Crippen LogP contribution in [-0.4, -0.2) is 10.5 Å². The molecule has 0 aliphatic rings. The van der Waals surface area contributed by atoms with Gasteiger partial charge in [-0.15, -0.1) is 0 Å². The predicted octanol–water partition coefficient (Wildman–Crippen LogP) is 4.06. The molecule has 1 heterocycles. The van der Waals surface area contributed by atoms with Gasteiger partial charge in [0.05, 0.1) is 5.56 Å². The topological polar surface area (TPSA) is 48.0 Å². The number of nitrogens with two attached hydrogens (primary N) is 1. The normalized spacial score (nSPS) is 10.8. The Hall–Kier alpha value is -2.88. The Morgan fingerprint density at radius 3 is 2.38 bits per heavy atom. The van der Waals surface area contributed by atoms with Crippen LogP contribution in [0.2, 0.25) is 0 Å². The standard InChI is InChI=1S/C20H19FN2O/c1-13-5-3-4-6-16(13)12-23-14(2)18(20(22)24)11-19(23)15-7-9-17(21)10-8-15/h3-11H,12H2,1-2H3,(H2,22,24). The van der Waals surface area contributed by atoms with Crippen LogP contribution < -0.4 is 5.73 Å². The summed E-state index contributed by atoms with van der Waals surface area (Å²) in [6, 6.07) is 16.1. The van der Waals surface area contributed by atoms with E-state index in [2.05, 4.69) is 23.6 Å². The molecule has 3 nitrogen and oxygen atoms in total. The fraction of sp³-hybridized carbons (Fsp3) is 0.150. The number of benzene rings is 2. The van der Waals surface area contributed by atoms with Gasteiger partial charge in [0.25, 0.3) is 5.91 Å². The summed E-state index contributed by atoms with van der Waals surface area (Å²) in [5, 5.41) is 0. The van der Waals surface area contributed by atoms with E-state index in [1.807, 2.05) is 19.1 Å². The van der Waals surface area contributed by atoms with Crippen molar-refractivity contribution in [1.82, 2.24) is 4.57 Å². The quantitative estimate of drug-likeness (QED) is 0.773. The van der Waals surface area contributed by atoms with Gasteiger partial charge in [-0.3, -0.25) is 4.79 Å². The molecule has 2 aromatic carbocycles. The molecular weight excluding hydrogens is 303 g/mol. The summed E-state index contributed by atoms with van der Waals surface area (Å²) < 4.78 is 15.3. The molecule has 3 aromatic rings. The molecule has 1 amide bonds. The van der Waals surface area contributed by atoms with E-state index in [0.29, 0.717) is 12.1 Å². The van der Waals surface area contributed by atoms with Crippen LogP contribution in [0.4, 0.5) is 4.39 Å². The highest BCUT2D eigenvalue weighted by molar-refractivity contribution is 5.95. The van der Waals surface area contributed by atoms with E-state index in [-0.39, 0.29) is 5.82 Å². The molecule has 122 valence electrons. The third kappa shape index (κ3) is 2.95. The summed E-state index contributed by atoms with van der Waals surface area (Å²) >= 11 is 0. The largest absolute Gasteiger partial charge is 0.366 e. The number of halogens is 1. The van der Waals surface area contributed by atoms with E-state index >= 15 is 0 Å². The summed E-state index contributed by atoms with van der Waals surface area (Å²) in [6.07, 6.45) is 0. The Labute approximate surface area is 140 Å². The molecule has 0 fully saturated rings. The van der Waals surface area contributed by atoms with Crippen molar-refractivity contribution in [2.24, 2.45) is 5.73 Å². The molecule has 1 aromatic heterocycles. The van der Waals surface area contributed by atoms with Crippen molar-refractivity contribution in [2.75, 3.05) is 0 Å². The minimum absolute atomic E-state index is 0.289. The van der Waals surface area contributed by atoms with Gasteiger partial charge in [-0.1, -0.05) is 24.3 Å². The molecule has 0 bridgehead atoms. The Balaban J connectivity index is 2.14. The molecule has 0 atom stereocenters. The Morgan fingerprint density at radius 1 is 1.08 bits per heavy atom. The van der Waals surface area contributed by atoms with E-state index in [1.165, 1.54) is 17.7 Å². The first-order chi connectivity index (χ1) is 11.5. The highest BCUT2D eigenvalue weighted by Crippen LogP contribution is 2.27. The number of hydrogen-bond donors (Lipinski definition) is 1. The molecule has 0 radical (unpaired) electrons. The first kappa shape index (κ1) is 16.0. The van der Waals surface area contributed by atoms with Crippen LogP contribution in [0, 0.1) is 19.7 Å². The molecule has 2 N–H and O–H groups in total. The van der Waals surface area contributed by atoms with Gasteiger partial charge < -0.3 is 10.3 Å². The molecule has 0 aliphatic carbocycles. The molecule has 3 rings (SSSR count). The molecule has 4 heteroatoms. The second kappa shape index (κ2) is 6.32. The lowest BCUT2D eigenvalue weighted by atomic mass is 10.1. The first-order valence-corrected chi connectivity index (χ1v) is 7.77. The van der Waals surface area contributed by atoms with E-state index in [9.17, 15) is 9.18 Å². The molecule has 0 unspecified atom stereocenters. The lowest BCUT2D eigenvalue weighted by Crippen LogP contribution is -2.13. The average molecular weight is 322 g/mol. The van der Waals surface area contributed by atoms with E-state index in [1.54, 1.807) is 18.2 Å². The summed E-state index contributed by atoms with van der Waals surface area (Å²) in [5.41, 5.74) is 10.8. The van der Waals surface area contributed by atoms with Crippen molar-refractivity contribution < 1.29 is 9.18 Å². The van der Waals surface area contributed by atoms with Gasteiger partial charge in [0.1, 0.15) is 5.82 Å². The van der Waals surface area contributed by atoms with Gasteiger partial charge >= 0.3 is 0 Å². The summed E-state index contributed by atoms with van der Waals surface area (Å²) in [4.78, 5) is 11.7. The monoisotopic (exact) mass is 322 g/mol. The maximum absolute atomic E-state index is 13.2. The molecule has 0 saturated carbocycles. The van der Waals surface area contributed by atoms with Crippen LogP contribution in [0.15, 0.2) is 54.6 Å². The van der Waals surface area contributed by atoms with Crippen molar-refractivity contribution in [1.29, 1.82) is 0 Å². The van der Waals surface area contributed by atoms with E-state index < -0.39 is 5.91 Å². The van der Waals surface area contributed by atoms with Crippen LogP contribution in [0.25, 0.3) is 11.3 Å². The number of hydrogen-bond acceptors (Lipinski definition) is 1. The summed E-state index contributed by atoms with van der Waals surface area (Å²) in [6.45, 7) is 4.56. The van der Waals surface area contributed by atoms with Crippen molar-refractivity contribution in [2.45, 2.75) is 20.4 Å². The van der Waals surface area contributed by atoms with Crippen molar-refractivity contribution >= 4 is 5.91 Å². The molecule has 0 aliphatic heterocycles. The zero-order chi connectivity index (χ0) is 17.3. The average Bonchev–Trinajstić information content (AvgIpc) is 2.88. The third-order valence-corrected chi connectivity index (χ3v) is 4.36. The van der Waals surface area contributed by atoms with Crippen LogP contribution in [0.3, 0.4) is 0 Å². The zero-order valence-electron chi connectivity index (χ0n) is 13.7. The van der Waals surface area contributed by atoms with Crippen LogP contribution in [-0.2, 0) is 6.54 Å². The number of nitrogens with zero attached hydrogens (tertiary/aromatic N) is 1. The van der Waals surface area contributed by atoms with Crippen LogP contribution in [0.5, 0.6) is 0 Å². The number of carbonyl (C=O) groups is 1. The lowest BCUT2D eigenvalue weighted by molar-refractivity contribution is 0.0999. The van der Waals surface area contributed by atoms with Gasteiger partial charge in [0.2, 0.25) is 0 Å². The predicted molar refractivity (Wildman–Crippen MR) is 93.4 cm³/mol. The van der Waals surface area contributed by atoms with Gasteiger partial charge in [-0.2, -0.15) is 0 Å². The molecule has 0 spiro atoms. The number of aryl methyl sites for hydroxylation is 1. The second-order valence-corrected chi connectivity index (χ2v) is 5.91. The van der Waals surface area contributed by atoms with E-state index in [0.717, 1.165) is 22.5 Å². The SMILES string of the molecule is Cc1ccccc1Cn1c(-c2ccc(F)cc2)cc(C(N)=O)c1C. The fourth-order valence-electron chi connectivity index (χ4n) is 2.92. The Kier molecular flexibility index (Phi) is 4.21. The number of carbonyl (C=O) groups excluding carboxylic acids is 1. The summed E-state index contributed by atoms with van der Waals surface area (Å²) in [7, 11) is 0. The highest BCUT2D eigenvalue weighted by atomic mass is 19.1. The second-order valence-electron chi connectivity index (χ2n) is 5.91. The minimum atomic E-state index is -0.459. The fourth-order valence-corrected chi connectivity index (χ4v) is 2.92. The number of aromatic nitrogens is 1. The summed E-state index contributed by atoms with van der Waals surface area (Å²) in [5.74, 6) is -0.748. The lowest BCUT2D eigenvalue weighted by Gasteiger charge is -2.14. The number of amides is 1. The number of primary amides is 1. The van der Waals surface area contributed by atoms with Crippen LogP contribution in [0.1, 0.15) is 27.2 Å². The zero-order valence-corrected chi connectivity index (χ0v) is 13.7.